The summed E-state index contributed by atoms with van der Waals surface area (Å²) in [5, 5.41) is 2.98. The van der Waals surface area contributed by atoms with E-state index in [9.17, 15) is 4.79 Å². The minimum atomic E-state index is 0.0934. The molecule has 0 bridgehead atoms. The van der Waals surface area contributed by atoms with Gasteiger partial charge in [0.25, 0.3) is 0 Å². The highest BCUT2D eigenvalue weighted by Gasteiger charge is 2.14. The number of hydrogen-bond donors (Lipinski definition) is 2. The molecule has 3 nitrogen and oxygen atoms in total. The van der Waals surface area contributed by atoms with Crippen LogP contribution in [0.3, 0.4) is 0 Å². The molecule has 1 rings (SSSR count). The van der Waals surface area contributed by atoms with Gasteiger partial charge in [0, 0.05) is 12.1 Å². The summed E-state index contributed by atoms with van der Waals surface area (Å²) in [4.78, 5) is 12.0. The highest BCUT2D eigenvalue weighted by atomic mass is 16.1. The van der Waals surface area contributed by atoms with Crippen molar-refractivity contribution in [2.45, 2.75) is 47.0 Å². The van der Waals surface area contributed by atoms with Crippen LogP contribution in [0.4, 0.5) is 5.69 Å². The zero-order valence-corrected chi connectivity index (χ0v) is 13.2. The summed E-state index contributed by atoms with van der Waals surface area (Å²) in [6, 6.07) is 6.02. The maximum absolute atomic E-state index is 12.0. The van der Waals surface area contributed by atoms with E-state index in [0.29, 0.717) is 24.8 Å². The van der Waals surface area contributed by atoms with Crippen molar-refractivity contribution in [1.82, 2.24) is 0 Å². The van der Waals surface area contributed by atoms with E-state index in [4.69, 9.17) is 5.73 Å². The molecule has 1 atom stereocenters. The molecule has 1 unspecified atom stereocenters. The van der Waals surface area contributed by atoms with Crippen molar-refractivity contribution in [3.8, 4) is 0 Å². The minimum Gasteiger partial charge on any atom is -0.330 e. The summed E-state index contributed by atoms with van der Waals surface area (Å²) in [6.07, 6.45) is 2.47. The number of carbonyl (C=O) groups is 1. The average Bonchev–Trinajstić information content (AvgIpc) is 2.38. The molecule has 1 aromatic rings. The summed E-state index contributed by atoms with van der Waals surface area (Å²) in [5.74, 6) is 1.20. The van der Waals surface area contributed by atoms with Gasteiger partial charge in [0.1, 0.15) is 0 Å². The van der Waals surface area contributed by atoms with Gasteiger partial charge in [0.05, 0.1) is 0 Å². The normalized spacial score (nSPS) is 12.5. The van der Waals surface area contributed by atoms with Crippen LogP contribution in [-0.4, -0.2) is 12.5 Å². The molecule has 0 radical (unpaired) electrons. The van der Waals surface area contributed by atoms with Crippen LogP contribution in [0.5, 0.6) is 0 Å². The van der Waals surface area contributed by atoms with Gasteiger partial charge in [-0.15, -0.1) is 0 Å². The third kappa shape index (κ3) is 5.33. The Labute approximate surface area is 122 Å². The predicted octanol–water partition coefficient (Wildman–Crippen LogP) is 3.64. The van der Waals surface area contributed by atoms with Gasteiger partial charge in [-0.05, 0) is 68.3 Å². The van der Waals surface area contributed by atoms with Gasteiger partial charge < -0.3 is 11.1 Å². The monoisotopic (exact) mass is 276 g/mol. The maximum atomic E-state index is 12.0. The van der Waals surface area contributed by atoms with Crippen molar-refractivity contribution in [3.05, 3.63) is 29.3 Å². The van der Waals surface area contributed by atoms with Crippen molar-refractivity contribution < 1.29 is 4.79 Å². The van der Waals surface area contributed by atoms with E-state index in [1.165, 1.54) is 11.1 Å². The van der Waals surface area contributed by atoms with E-state index in [0.717, 1.165) is 18.5 Å². The molecule has 0 aliphatic heterocycles. The number of anilines is 1. The molecule has 0 saturated carbocycles. The van der Waals surface area contributed by atoms with Crippen molar-refractivity contribution >= 4 is 11.6 Å². The third-order valence-corrected chi connectivity index (χ3v) is 4.01. The number of carbonyl (C=O) groups excluding carboxylic acids is 1. The Bertz CT molecular complexity index is 441. The van der Waals surface area contributed by atoms with E-state index in [2.05, 4.69) is 33.0 Å². The summed E-state index contributed by atoms with van der Waals surface area (Å²) < 4.78 is 0. The Morgan fingerprint density at radius 1 is 1.20 bits per heavy atom. The summed E-state index contributed by atoms with van der Waals surface area (Å²) in [7, 11) is 0. The first-order valence-corrected chi connectivity index (χ1v) is 7.51. The second-order valence-corrected chi connectivity index (χ2v) is 5.97. The van der Waals surface area contributed by atoms with Gasteiger partial charge in [-0.25, -0.2) is 0 Å². The molecule has 20 heavy (non-hydrogen) atoms. The number of rotatable bonds is 7. The summed E-state index contributed by atoms with van der Waals surface area (Å²) >= 11 is 0. The molecule has 0 aliphatic carbocycles. The lowest BCUT2D eigenvalue weighted by Crippen LogP contribution is -2.18. The molecule has 0 aliphatic rings. The zero-order chi connectivity index (χ0) is 15.1. The molecule has 0 spiro atoms. The second-order valence-electron chi connectivity index (χ2n) is 5.97. The lowest BCUT2D eigenvalue weighted by molar-refractivity contribution is -0.116. The fourth-order valence-electron chi connectivity index (χ4n) is 2.38. The first-order valence-electron chi connectivity index (χ1n) is 7.51. The van der Waals surface area contributed by atoms with Crippen LogP contribution >= 0.6 is 0 Å². The van der Waals surface area contributed by atoms with Gasteiger partial charge in [-0.2, -0.15) is 0 Å². The summed E-state index contributed by atoms with van der Waals surface area (Å²) in [6.45, 7) is 9.22. The lowest BCUT2D eigenvalue weighted by Gasteiger charge is -2.19. The number of aryl methyl sites for hydroxylation is 2. The Morgan fingerprint density at radius 3 is 2.45 bits per heavy atom. The van der Waals surface area contributed by atoms with Crippen LogP contribution in [0.15, 0.2) is 18.2 Å². The van der Waals surface area contributed by atoms with E-state index < -0.39 is 0 Å². The SMILES string of the molecule is Cc1ccc(NC(=O)CCC(CCN)C(C)C)cc1C. The molecule has 1 aromatic carbocycles. The Kier molecular flexibility index (Phi) is 6.73. The van der Waals surface area contributed by atoms with Crippen molar-refractivity contribution in [2.75, 3.05) is 11.9 Å². The van der Waals surface area contributed by atoms with Gasteiger partial charge in [-0.1, -0.05) is 19.9 Å². The van der Waals surface area contributed by atoms with Crippen molar-refractivity contribution in [2.24, 2.45) is 17.6 Å². The van der Waals surface area contributed by atoms with Crippen LogP contribution in [-0.2, 0) is 4.79 Å². The van der Waals surface area contributed by atoms with Crippen molar-refractivity contribution in [3.63, 3.8) is 0 Å². The second kappa shape index (κ2) is 8.05. The fourth-order valence-corrected chi connectivity index (χ4v) is 2.38. The lowest BCUT2D eigenvalue weighted by atomic mass is 9.88. The zero-order valence-electron chi connectivity index (χ0n) is 13.2. The van der Waals surface area contributed by atoms with Crippen LogP contribution in [0, 0.1) is 25.7 Å². The highest BCUT2D eigenvalue weighted by molar-refractivity contribution is 5.90. The van der Waals surface area contributed by atoms with Crippen LogP contribution in [0.1, 0.15) is 44.2 Å². The van der Waals surface area contributed by atoms with Gasteiger partial charge >= 0.3 is 0 Å². The molecule has 0 heterocycles. The molecule has 3 heteroatoms. The number of benzene rings is 1. The van der Waals surface area contributed by atoms with Gasteiger partial charge in [-0.3, -0.25) is 4.79 Å². The van der Waals surface area contributed by atoms with Crippen LogP contribution in [0.25, 0.3) is 0 Å². The topological polar surface area (TPSA) is 55.1 Å². The van der Waals surface area contributed by atoms with E-state index in [-0.39, 0.29) is 5.91 Å². The first-order chi connectivity index (χ1) is 9.43. The number of nitrogens with one attached hydrogen (secondary N) is 1. The standard InChI is InChI=1S/C17H28N2O/c1-12(2)15(9-10-18)6-8-17(20)19-16-7-5-13(3)14(4)11-16/h5,7,11-12,15H,6,8-10,18H2,1-4H3,(H,19,20). The minimum absolute atomic E-state index is 0.0934. The quantitative estimate of drug-likeness (QED) is 0.798. The molecule has 0 fully saturated rings. The summed E-state index contributed by atoms with van der Waals surface area (Å²) in [5.41, 5.74) is 8.96. The third-order valence-electron chi connectivity index (χ3n) is 4.01. The molecule has 112 valence electrons. The highest BCUT2D eigenvalue weighted by Crippen LogP contribution is 2.21. The smallest absolute Gasteiger partial charge is 0.224 e. The van der Waals surface area contributed by atoms with E-state index >= 15 is 0 Å². The first kappa shape index (κ1) is 16.7. The largest absolute Gasteiger partial charge is 0.330 e. The van der Waals surface area contributed by atoms with Gasteiger partial charge in [0.2, 0.25) is 5.91 Å². The molecular formula is C17H28N2O. The Morgan fingerprint density at radius 2 is 1.90 bits per heavy atom. The van der Waals surface area contributed by atoms with Crippen LogP contribution in [0.2, 0.25) is 0 Å². The Hall–Kier alpha value is -1.35. The number of amides is 1. The molecule has 0 aromatic heterocycles. The molecule has 0 saturated heterocycles. The number of hydrogen-bond acceptors (Lipinski definition) is 2. The van der Waals surface area contributed by atoms with Gasteiger partial charge in [0.15, 0.2) is 0 Å². The van der Waals surface area contributed by atoms with E-state index in [1.807, 2.05) is 18.2 Å². The molecule has 3 N–H and O–H groups in total. The molecule has 1 amide bonds. The Balaban J connectivity index is 2.48. The van der Waals surface area contributed by atoms with E-state index in [1.54, 1.807) is 0 Å². The van der Waals surface area contributed by atoms with Crippen molar-refractivity contribution in [1.29, 1.82) is 0 Å². The number of nitrogens with two attached hydrogens (primary N) is 1. The predicted molar refractivity (Wildman–Crippen MR) is 85.8 cm³/mol. The average molecular weight is 276 g/mol. The molecular weight excluding hydrogens is 248 g/mol. The fraction of sp³-hybridized carbons (Fsp3) is 0.588. The van der Waals surface area contributed by atoms with Crippen LogP contribution < -0.4 is 11.1 Å². The maximum Gasteiger partial charge on any atom is 0.224 e.